The van der Waals surface area contributed by atoms with Crippen molar-refractivity contribution < 1.29 is 4.74 Å². The molecule has 3 rings (SSSR count). The molecule has 0 aliphatic heterocycles. The van der Waals surface area contributed by atoms with Crippen LogP contribution >= 0.6 is 0 Å². The Balaban J connectivity index is 2.32. The number of benzene rings is 2. The Morgan fingerprint density at radius 2 is 1.71 bits per heavy atom. The largest absolute Gasteiger partial charge is 0.497 e. The fourth-order valence-electron chi connectivity index (χ4n) is 2.40. The van der Waals surface area contributed by atoms with Gasteiger partial charge in [-0.2, -0.15) is 0 Å². The third-order valence-corrected chi connectivity index (χ3v) is 3.55. The average molecular weight is 278 g/mol. The molecule has 0 amide bonds. The van der Waals surface area contributed by atoms with Crippen LogP contribution in [-0.2, 0) is 0 Å². The van der Waals surface area contributed by atoms with Gasteiger partial charge in [0.2, 0.25) is 0 Å². The summed E-state index contributed by atoms with van der Waals surface area (Å²) in [6, 6.07) is 18.5. The number of rotatable bonds is 3. The van der Waals surface area contributed by atoms with Gasteiger partial charge in [-0.15, -0.1) is 0 Å². The first-order valence-electron chi connectivity index (χ1n) is 6.90. The molecule has 106 valence electrons. The Labute approximate surface area is 124 Å². The lowest BCUT2D eigenvalue weighted by molar-refractivity contribution is 0.415. The van der Waals surface area contributed by atoms with Gasteiger partial charge < -0.3 is 9.64 Å². The lowest BCUT2D eigenvalue weighted by Gasteiger charge is -2.16. The molecule has 0 unspecified atom stereocenters. The molecule has 0 aliphatic carbocycles. The minimum absolute atomic E-state index is 0.846. The van der Waals surface area contributed by atoms with Crippen molar-refractivity contribution >= 4 is 16.7 Å². The minimum atomic E-state index is 0.846. The van der Waals surface area contributed by atoms with Gasteiger partial charge in [-0.25, -0.2) is 4.98 Å². The fourth-order valence-corrected chi connectivity index (χ4v) is 2.40. The Kier molecular flexibility index (Phi) is 3.48. The molecule has 3 aromatic rings. The smallest absolute Gasteiger partial charge is 0.129 e. The molecule has 0 radical (unpaired) electrons. The number of anilines is 1. The molecule has 0 N–H and O–H groups in total. The van der Waals surface area contributed by atoms with Crippen LogP contribution in [0.1, 0.15) is 0 Å². The summed E-state index contributed by atoms with van der Waals surface area (Å²) in [5.41, 5.74) is 3.32. The van der Waals surface area contributed by atoms with Crippen molar-refractivity contribution in [2.45, 2.75) is 0 Å². The summed E-state index contributed by atoms with van der Waals surface area (Å²) in [4.78, 5) is 6.73. The molecular weight excluding hydrogens is 260 g/mol. The van der Waals surface area contributed by atoms with Gasteiger partial charge in [0.15, 0.2) is 0 Å². The Hall–Kier alpha value is -2.55. The van der Waals surface area contributed by atoms with Crippen molar-refractivity contribution in [3.05, 3.63) is 54.6 Å². The van der Waals surface area contributed by atoms with E-state index in [0.29, 0.717) is 0 Å². The monoisotopic (exact) mass is 278 g/mol. The zero-order valence-corrected chi connectivity index (χ0v) is 12.5. The van der Waals surface area contributed by atoms with Gasteiger partial charge in [-0.3, -0.25) is 0 Å². The van der Waals surface area contributed by atoms with E-state index in [1.807, 2.05) is 43.3 Å². The second-order valence-corrected chi connectivity index (χ2v) is 5.17. The zero-order chi connectivity index (χ0) is 14.8. The van der Waals surface area contributed by atoms with Crippen molar-refractivity contribution in [1.82, 2.24) is 4.98 Å². The lowest BCUT2D eigenvalue weighted by atomic mass is 10.0. The second kappa shape index (κ2) is 5.44. The van der Waals surface area contributed by atoms with E-state index in [1.54, 1.807) is 7.11 Å². The van der Waals surface area contributed by atoms with Gasteiger partial charge in [0, 0.05) is 19.5 Å². The zero-order valence-electron chi connectivity index (χ0n) is 12.5. The van der Waals surface area contributed by atoms with Crippen molar-refractivity contribution in [1.29, 1.82) is 0 Å². The van der Waals surface area contributed by atoms with Crippen LogP contribution in [0.3, 0.4) is 0 Å². The maximum absolute atomic E-state index is 5.35. The summed E-state index contributed by atoms with van der Waals surface area (Å²) in [6.45, 7) is 0. The fraction of sp³-hybridized carbons (Fsp3) is 0.167. The summed E-state index contributed by atoms with van der Waals surface area (Å²) in [7, 11) is 5.70. The number of nitrogens with zero attached hydrogens (tertiary/aromatic N) is 2. The highest BCUT2D eigenvalue weighted by Gasteiger charge is 2.10. The van der Waals surface area contributed by atoms with Gasteiger partial charge in [0.05, 0.1) is 12.6 Å². The third kappa shape index (κ3) is 2.55. The number of pyridine rings is 1. The third-order valence-electron chi connectivity index (χ3n) is 3.55. The molecule has 0 spiro atoms. The second-order valence-electron chi connectivity index (χ2n) is 5.17. The molecule has 1 heterocycles. The molecule has 2 aromatic carbocycles. The minimum Gasteiger partial charge on any atom is -0.497 e. The van der Waals surface area contributed by atoms with E-state index in [1.165, 1.54) is 11.1 Å². The lowest BCUT2D eigenvalue weighted by Crippen LogP contribution is -2.10. The Morgan fingerprint density at radius 3 is 2.38 bits per heavy atom. The number of ether oxygens (including phenoxy) is 1. The predicted octanol–water partition coefficient (Wildman–Crippen LogP) is 3.98. The average Bonchev–Trinajstić information content (AvgIpc) is 2.54. The molecule has 21 heavy (non-hydrogen) atoms. The van der Waals surface area contributed by atoms with Crippen molar-refractivity contribution in [3.8, 4) is 16.9 Å². The quantitative estimate of drug-likeness (QED) is 0.724. The van der Waals surface area contributed by atoms with E-state index < -0.39 is 0 Å². The Bertz CT molecular complexity index is 767. The molecular formula is C18H18N2O. The van der Waals surface area contributed by atoms with E-state index in [0.717, 1.165) is 22.5 Å². The van der Waals surface area contributed by atoms with Crippen LogP contribution in [0.25, 0.3) is 22.0 Å². The first-order chi connectivity index (χ1) is 10.2. The van der Waals surface area contributed by atoms with Crippen molar-refractivity contribution in [2.24, 2.45) is 0 Å². The molecule has 3 heteroatoms. The number of fused-ring (bicyclic) bond motifs is 1. The van der Waals surface area contributed by atoms with Crippen LogP contribution < -0.4 is 9.64 Å². The van der Waals surface area contributed by atoms with Crippen LogP contribution in [-0.4, -0.2) is 26.2 Å². The Morgan fingerprint density at radius 1 is 0.952 bits per heavy atom. The SMILES string of the molecule is COc1ccc2nc(N(C)C)cc(-c3ccccc3)c2c1. The summed E-state index contributed by atoms with van der Waals surface area (Å²) < 4.78 is 5.35. The van der Waals surface area contributed by atoms with Gasteiger partial charge in [0.1, 0.15) is 11.6 Å². The normalized spacial score (nSPS) is 10.6. The predicted molar refractivity (Wildman–Crippen MR) is 88.1 cm³/mol. The van der Waals surface area contributed by atoms with E-state index >= 15 is 0 Å². The molecule has 1 aromatic heterocycles. The summed E-state index contributed by atoms with van der Waals surface area (Å²) in [6.07, 6.45) is 0. The number of hydrogen-bond donors (Lipinski definition) is 0. The van der Waals surface area contributed by atoms with Crippen LogP contribution in [0.2, 0.25) is 0 Å². The summed E-state index contributed by atoms with van der Waals surface area (Å²) in [5, 5.41) is 1.10. The van der Waals surface area contributed by atoms with Crippen molar-refractivity contribution in [2.75, 3.05) is 26.1 Å². The molecule has 0 fully saturated rings. The van der Waals surface area contributed by atoms with Crippen molar-refractivity contribution in [3.63, 3.8) is 0 Å². The summed E-state index contributed by atoms with van der Waals surface area (Å²) >= 11 is 0. The highest BCUT2D eigenvalue weighted by atomic mass is 16.5. The molecule has 3 nitrogen and oxygen atoms in total. The van der Waals surface area contributed by atoms with E-state index in [9.17, 15) is 0 Å². The first kappa shape index (κ1) is 13.4. The highest BCUT2D eigenvalue weighted by molar-refractivity contribution is 5.96. The topological polar surface area (TPSA) is 25.4 Å². The van der Waals surface area contributed by atoms with Crippen LogP contribution in [0.4, 0.5) is 5.82 Å². The molecule has 0 bridgehead atoms. The maximum atomic E-state index is 5.35. The van der Waals surface area contributed by atoms with Crippen LogP contribution in [0, 0.1) is 0 Å². The molecule has 0 saturated heterocycles. The van der Waals surface area contributed by atoms with E-state index in [4.69, 9.17) is 9.72 Å². The van der Waals surface area contributed by atoms with E-state index in [2.05, 4.69) is 30.3 Å². The number of hydrogen-bond acceptors (Lipinski definition) is 3. The van der Waals surface area contributed by atoms with E-state index in [-0.39, 0.29) is 0 Å². The number of aromatic nitrogens is 1. The van der Waals surface area contributed by atoms with Gasteiger partial charge >= 0.3 is 0 Å². The molecule has 0 saturated carbocycles. The highest BCUT2D eigenvalue weighted by Crippen LogP contribution is 2.32. The van der Waals surface area contributed by atoms with Crippen LogP contribution in [0.5, 0.6) is 5.75 Å². The summed E-state index contributed by atoms with van der Waals surface area (Å²) in [5.74, 6) is 1.80. The molecule has 0 atom stereocenters. The standard InChI is InChI=1S/C18H18N2O/c1-20(2)18-12-15(13-7-5-4-6-8-13)16-11-14(21-3)9-10-17(16)19-18/h4-12H,1-3H3. The maximum Gasteiger partial charge on any atom is 0.129 e. The van der Waals surface area contributed by atoms with Gasteiger partial charge in [-0.1, -0.05) is 30.3 Å². The number of methoxy groups -OCH3 is 1. The van der Waals surface area contributed by atoms with Gasteiger partial charge in [0.25, 0.3) is 0 Å². The van der Waals surface area contributed by atoms with Crippen LogP contribution in [0.15, 0.2) is 54.6 Å². The first-order valence-corrected chi connectivity index (χ1v) is 6.90. The van der Waals surface area contributed by atoms with Gasteiger partial charge in [-0.05, 0) is 35.4 Å². The molecule has 0 aliphatic rings.